The minimum Gasteiger partial charge on any atom is -0.350 e. The molecule has 136 valence electrons. The van der Waals surface area contributed by atoms with Crippen molar-refractivity contribution in [1.29, 1.82) is 0 Å². The number of benzene rings is 2. The van der Waals surface area contributed by atoms with E-state index in [1.165, 1.54) is 0 Å². The highest BCUT2D eigenvalue weighted by Crippen LogP contribution is 2.36. The minimum atomic E-state index is 0.0948. The fourth-order valence-corrected chi connectivity index (χ4v) is 4.59. The first kappa shape index (κ1) is 16.7. The van der Waals surface area contributed by atoms with E-state index in [-0.39, 0.29) is 5.91 Å². The minimum absolute atomic E-state index is 0.0948. The predicted molar refractivity (Wildman–Crippen MR) is 109 cm³/mol. The fraction of sp³-hybridized carbons (Fsp3) is 0.286. The number of rotatable bonds is 2. The molecule has 2 atom stereocenters. The number of amides is 1. The molecule has 6 heteroatoms. The number of hydrogen-bond acceptors (Lipinski definition) is 4. The fourth-order valence-electron chi connectivity index (χ4n) is 4.13. The van der Waals surface area contributed by atoms with Crippen LogP contribution in [0.25, 0.3) is 11.0 Å². The van der Waals surface area contributed by atoms with Crippen molar-refractivity contribution < 1.29 is 4.79 Å². The molecule has 2 unspecified atom stereocenters. The van der Waals surface area contributed by atoms with E-state index < -0.39 is 0 Å². The van der Waals surface area contributed by atoms with Crippen LogP contribution in [0.3, 0.4) is 0 Å². The average molecular weight is 423 g/mol. The van der Waals surface area contributed by atoms with Gasteiger partial charge in [0, 0.05) is 30.0 Å². The zero-order chi connectivity index (χ0) is 18.4. The maximum absolute atomic E-state index is 13.0. The lowest BCUT2D eigenvalue weighted by Gasteiger charge is -2.53. The molecule has 2 fully saturated rings. The molecule has 0 radical (unpaired) electrons. The maximum Gasteiger partial charge on any atom is 0.255 e. The lowest BCUT2D eigenvalue weighted by Crippen LogP contribution is -2.65. The number of hydrogen-bond donors (Lipinski definition) is 0. The van der Waals surface area contributed by atoms with Gasteiger partial charge in [-0.1, -0.05) is 24.3 Å². The molecule has 2 saturated heterocycles. The second-order valence-corrected chi connectivity index (χ2v) is 8.07. The smallest absolute Gasteiger partial charge is 0.255 e. The van der Waals surface area contributed by atoms with Crippen LogP contribution in [0.15, 0.2) is 59.2 Å². The summed E-state index contributed by atoms with van der Waals surface area (Å²) in [4.78, 5) is 26.6. The molecule has 5 rings (SSSR count). The Labute approximate surface area is 166 Å². The number of carbonyl (C=O) groups excluding carboxylic acids is 1. The summed E-state index contributed by atoms with van der Waals surface area (Å²) in [5.41, 5.74) is 2.55. The van der Waals surface area contributed by atoms with Gasteiger partial charge in [0.1, 0.15) is 5.82 Å². The van der Waals surface area contributed by atoms with Crippen molar-refractivity contribution in [3.8, 4) is 0 Å². The van der Waals surface area contributed by atoms with Crippen LogP contribution in [0.1, 0.15) is 16.8 Å². The number of fused-ring (bicyclic) bond motifs is 2. The van der Waals surface area contributed by atoms with Crippen LogP contribution in [0.2, 0.25) is 0 Å². The van der Waals surface area contributed by atoms with Gasteiger partial charge in [-0.05, 0) is 46.6 Å². The number of likely N-dealkylation sites (tertiary alicyclic amines) is 1. The third kappa shape index (κ3) is 2.88. The molecule has 0 N–H and O–H groups in total. The number of para-hydroxylation sites is 2. The Bertz CT molecular complexity index is 1020. The summed E-state index contributed by atoms with van der Waals surface area (Å²) in [6, 6.07) is 15.9. The van der Waals surface area contributed by atoms with Crippen molar-refractivity contribution in [3.05, 3.63) is 64.8 Å². The SMILES string of the molecule is O=C(c1ccccc1Br)N1CCC2CN(c3cnc4ccccc4n3)C2C1. The summed E-state index contributed by atoms with van der Waals surface area (Å²) in [5, 5.41) is 0. The summed E-state index contributed by atoms with van der Waals surface area (Å²) in [6.45, 7) is 2.55. The molecule has 0 bridgehead atoms. The highest BCUT2D eigenvalue weighted by molar-refractivity contribution is 9.10. The molecular formula is C21H19BrN4O. The first-order valence-electron chi connectivity index (χ1n) is 9.23. The highest BCUT2D eigenvalue weighted by atomic mass is 79.9. The van der Waals surface area contributed by atoms with Gasteiger partial charge in [-0.2, -0.15) is 0 Å². The number of halogens is 1. The molecule has 5 nitrogen and oxygen atoms in total. The maximum atomic E-state index is 13.0. The second-order valence-electron chi connectivity index (χ2n) is 7.22. The first-order valence-corrected chi connectivity index (χ1v) is 10.0. The van der Waals surface area contributed by atoms with Crippen LogP contribution in [0, 0.1) is 5.92 Å². The lowest BCUT2D eigenvalue weighted by molar-refractivity contribution is 0.0590. The normalized spacial score (nSPS) is 21.7. The van der Waals surface area contributed by atoms with Crippen LogP contribution >= 0.6 is 15.9 Å². The van der Waals surface area contributed by atoms with Gasteiger partial charge in [-0.15, -0.1) is 0 Å². The molecule has 2 aliphatic rings. The molecule has 1 aromatic heterocycles. The van der Waals surface area contributed by atoms with Gasteiger partial charge in [0.25, 0.3) is 5.91 Å². The largest absolute Gasteiger partial charge is 0.350 e. The van der Waals surface area contributed by atoms with Gasteiger partial charge < -0.3 is 9.80 Å². The quantitative estimate of drug-likeness (QED) is 0.630. The lowest BCUT2D eigenvalue weighted by atomic mass is 9.82. The molecular weight excluding hydrogens is 404 g/mol. The monoisotopic (exact) mass is 422 g/mol. The van der Waals surface area contributed by atoms with Crippen molar-refractivity contribution in [1.82, 2.24) is 14.9 Å². The number of nitrogens with zero attached hydrogens (tertiary/aromatic N) is 4. The summed E-state index contributed by atoms with van der Waals surface area (Å²) in [7, 11) is 0. The number of aromatic nitrogens is 2. The van der Waals surface area contributed by atoms with E-state index in [9.17, 15) is 4.79 Å². The molecule has 3 heterocycles. The van der Waals surface area contributed by atoms with E-state index in [0.717, 1.165) is 52.9 Å². The Balaban J connectivity index is 1.37. The standard InChI is InChI=1S/C21H19BrN4O/c22-16-6-2-1-5-15(16)21(27)25-10-9-14-12-26(19(14)13-25)20-11-23-17-7-3-4-8-18(17)24-20/h1-8,11,14,19H,9-10,12-13H2. The molecule has 2 aromatic carbocycles. The molecule has 0 aliphatic carbocycles. The van der Waals surface area contributed by atoms with Gasteiger partial charge in [-0.25, -0.2) is 4.98 Å². The zero-order valence-electron chi connectivity index (χ0n) is 14.8. The van der Waals surface area contributed by atoms with Gasteiger partial charge in [-0.3, -0.25) is 9.78 Å². The molecule has 2 aliphatic heterocycles. The zero-order valence-corrected chi connectivity index (χ0v) is 16.3. The Hall–Kier alpha value is -2.47. The van der Waals surface area contributed by atoms with Crippen LogP contribution in [0.4, 0.5) is 5.82 Å². The van der Waals surface area contributed by atoms with E-state index in [4.69, 9.17) is 4.98 Å². The Morgan fingerprint density at radius 2 is 1.81 bits per heavy atom. The van der Waals surface area contributed by atoms with E-state index in [0.29, 0.717) is 12.0 Å². The van der Waals surface area contributed by atoms with Crippen LogP contribution < -0.4 is 4.90 Å². The van der Waals surface area contributed by atoms with E-state index in [1.807, 2.05) is 59.6 Å². The number of piperidine rings is 1. The Kier molecular flexibility index (Phi) is 4.08. The molecule has 27 heavy (non-hydrogen) atoms. The van der Waals surface area contributed by atoms with E-state index in [2.05, 4.69) is 25.8 Å². The van der Waals surface area contributed by atoms with Gasteiger partial charge >= 0.3 is 0 Å². The van der Waals surface area contributed by atoms with Crippen molar-refractivity contribution >= 4 is 38.7 Å². The van der Waals surface area contributed by atoms with Crippen molar-refractivity contribution in [2.24, 2.45) is 5.92 Å². The molecule has 1 amide bonds. The second kappa shape index (κ2) is 6.60. The topological polar surface area (TPSA) is 49.3 Å². The van der Waals surface area contributed by atoms with Crippen LogP contribution in [-0.2, 0) is 0 Å². The molecule has 3 aromatic rings. The predicted octanol–water partition coefficient (Wildman–Crippen LogP) is 3.74. The van der Waals surface area contributed by atoms with Gasteiger partial charge in [0.15, 0.2) is 0 Å². The van der Waals surface area contributed by atoms with Crippen LogP contribution in [0.5, 0.6) is 0 Å². The van der Waals surface area contributed by atoms with Crippen molar-refractivity contribution in [2.75, 3.05) is 24.5 Å². The Morgan fingerprint density at radius 3 is 2.67 bits per heavy atom. The first-order chi connectivity index (χ1) is 13.2. The highest BCUT2D eigenvalue weighted by Gasteiger charge is 2.44. The summed E-state index contributed by atoms with van der Waals surface area (Å²) in [6.07, 6.45) is 2.89. The van der Waals surface area contributed by atoms with Crippen LogP contribution in [-0.4, -0.2) is 46.5 Å². The average Bonchev–Trinajstić information content (AvgIpc) is 2.69. The van der Waals surface area contributed by atoms with E-state index in [1.54, 1.807) is 0 Å². The number of carbonyl (C=O) groups is 1. The van der Waals surface area contributed by atoms with Crippen molar-refractivity contribution in [3.63, 3.8) is 0 Å². The molecule has 0 spiro atoms. The summed E-state index contributed by atoms with van der Waals surface area (Å²) < 4.78 is 0.850. The summed E-state index contributed by atoms with van der Waals surface area (Å²) in [5.74, 6) is 1.63. The third-order valence-electron chi connectivity index (χ3n) is 5.67. The van der Waals surface area contributed by atoms with Gasteiger partial charge in [0.05, 0.1) is 28.8 Å². The van der Waals surface area contributed by atoms with Crippen molar-refractivity contribution in [2.45, 2.75) is 12.5 Å². The van der Waals surface area contributed by atoms with E-state index >= 15 is 0 Å². The third-order valence-corrected chi connectivity index (χ3v) is 6.37. The number of anilines is 1. The molecule has 0 saturated carbocycles. The Morgan fingerprint density at radius 1 is 1.04 bits per heavy atom. The summed E-state index contributed by atoms with van der Waals surface area (Å²) >= 11 is 3.50. The van der Waals surface area contributed by atoms with Gasteiger partial charge in [0.2, 0.25) is 0 Å².